The summed E-state index contributed by atoms with van der Waals surface area (Å²) in [7, 11) is 0. The van der Waals surface area contributed by atoms with Crippen molar-refractivity contribution in [1.29, 1.82) is 0 Å². The number of nitrogens with zero attached hydrogens (tertiary/aromatic N) is 1. The van der Waals surface area contributed by atoms with Gasteiger partial charge in [0.2, 0.25) is 5.91 Å². The number of rotatable bonds is 8. The van der Waals surface area contributed by atoms with Crippen molar-refractivity contribution in [2.75, 3.05) is 6.61 Å². The van der Waals surface area contributed by atoms with Gasteiger partial charge in [0.25, 0.3) is 0 Å². The Balaban J connectivity index is 1.42. The van der Waals surface area contributed by atoms with Gasteiger partial charge in [-0.3, -0.25) is 4.79 Å². The minimum Gasteiger partial charge on any atom is -0.490 e. The number of ether oxygens (including phenoxy) is 2. The van der Waals surface area contributed by atoms with Crippen molar-refractivity contribution in [3.8, 4) is 11.5 Å². The molecular formula is C28H23BrN2O4. The van der Waals surface area contributed by atoms with E-state index in [1.165, 1.54) is 6.21 Å². The SMILES string of the molecule is CCOc1cc(C=NNC(=O)Cc2ccc(Br)c3ccccc23)ccc1OC(=O)c1ccccc1. The van der Waals surface area contributed by atoms with Crippen molar-refractivity contribution >= 4 is 44.8 Å². The van der Waals surface area contributed by atoms with Crippen LogP contribution in [0.25, 0.3) is 10.8 Å². The van der Waals surface area contributed by atoms with E-state index in [1.807, 2.05) is 49.4 Å². The topological polar surface area (TPSA) is 77.0 Å². The molecule has 4 aromatic carbocycles. The number of nitrogens with one attached hydrogen (secondary N) is 1. The van der Waals surface area contributed by atoms with Gasteiger partial charge in [-0.05, 0) is 65.2 Å². The Morgan fingerprint density at radius 2 is 1.66 bits per heavy atom. The molecule has 0 aliphatic rings. The lowest BCUT2D eigenvalue weighted by molar-refractivity contribution is -0.120. The van der Waals surface area contributed by atoms with E-state index < -0.39 is 5.97 Å². The molecule has 0 saturated carbocycles. The molecule has 0 bridgehead atoms. The Labute approximate surface area is 211 Å². The standard InChI is InChI=1S/C28H23BrN2O4/c1-2-34-26-16-19(12-15-25(26)35-28(33)20-8-4-3-5-9-20)18-30-31-27(32)17-21-13-14-24(29)23-11-7-6-10-22(21)23/h3-16,18H,2,17H2,1H3,(H,31,32). The molecule has 0 unspecified atom stereocenters. The third kappa shape index (κ3) is 6.13. The predicted octanol–water partition coefficient (Wildman–Crippen LogP) is 5.91. The Kier molecular flexibility index (Phi) is 7.90. The smallest absolute Gasteiger partial charge is 0.343 e. The van der Waals surface area contributed by atoms with Crippen LogP contribution in [0.1, 0.15) is 28.4 Å². The first-order valence-electron chi connectivity index (χ1n) is 11.1. The first-order chi connectivity index (χ1) is 17.0. The fraction of sp³-hybridized carbons (Fsp3) is 0.107. The first-order valence-corrected chi connectivity index (χ1v) is 11.9. The van der Waals surface area contributed by atoms with Crippen LogP contribution in [0.5, 0.6) is 11.5 Å². The van der Waals surface area contributed by atoms with Crippen molar-refractivity contribution < 1.29 is 19.1 Å². The highest BCUT2D eigenvalue weighted by Gasteiger charge is 2.13. The molecule has 4 aromatic rings. The summed E-state index contributed by atoms with van der Waals surface area (Å²) < 4.78 is 12.1. The zero-order chi connectivity index (χ0) is 24.6. The second-order valence-corrected chi connectivity index (χ2v) is 8.47. The van der Waals surface area contributed by atoms with Crippen LogP contribution >= 0.6 is 15.9 Å². The van der Waals surface area contributed by atoms with Crippen LogP contribution in [-0.4, -0.2) is 24.7 Å². The van der Waals surface area contributed by atoms with E-state index >= 15 is 0 Å². The average molecular weight is 531 g/mol. The van der Waals surface area contributed by atoms with Crippen LogP contribution < -0.4 is 14.9 Å². The molecule has 1 amide bonds. The molecule has 0 aromatic heterocycles. The van der Waals surface area contributed by atoms with Gasteiger partial charge >= 0.3 is 5.97 Å². The number of fused-ring (bicyclic) bond motifs is 1. The van der Waals surface area contributed by atoms with Gasteiger partial charge < -0.3 is 9.47 Å². The van der Waals surface area contributed by atoms with E-state index in [9.17, 15) is 9.59 Å². The fourth-order valence-corrected chi connectivity index (χ4v) is 4.04. The van der Waals surface area contributed by atoms with Gasteiger partial charge in [0.1, 0.15) is 0 Å². The molecule has 6 nitrogen and oxygen atoms in total. The number of esters is 1. The maximum atomic E-state index is 12.5. The van der Waals surface area contributed by atoms with E-state index in [2.05, 4.69) is 26.5 Å². The van der Waals surface area contributed by atoms with Gasteiger partial charge in [-0.2, -0.15) is 5.10 Å². The molecular weight excluding hydrogens is 508 g/mol. The monoisotopic (exact) mass is 530 g/mol. The summed E-state index contributed by atoms with van der Waals surface area (Å²) in [4.78, 5) is 24.9. The minimum absolute atomic E-state index is 0.198. The van der Waals surface area contributed by atoms with Gasteiger partial charge in [0.05, 0.1) is 24.8 Å². The highest BCUT2D eigenvalue weighted by atomic mass is 79.9. The minimum atomic E-state index is -0.472. The lowest BCUT2D eigenvalue weighted by atomic mass is 10.0. The van der Waals surface area contributed by atoms with Crippen LogP contribution in [0.2, 0.25) is 0 Å². The molecule has 0 atom stereocenters. The Hall–Kier alpha value is -3.97. The summed E-state index contributed by atoms with van der Waals surface area (Å²) in [6.07, 6.45) is 1.71. The van der Waals surface area contributed by atoms with E-state index in [0.717, 1.165) is 20.8 Å². The van der Waals surface area contributed by atoms with Crippen molar-refractivity contribution in [2.45, 2.75) is 13.3 Å². The van der Waals surface area contributed by atoms with Crippen molar-refractivity contribution in [2.24, 2.45) is 5.10 Å². The van der Waals surface area contributed by atoms with Crippen LogP contribution in [-0.2, 0) is 11.2 Å². The van der Waals surface area contributed by atoms with Crippen molar-refractivity contribution in [3.63, 3.8) is 0 Å². The third-order valence-corrected chi connectivity index (χ3v) is 5.89. The van der Waals surface area contributed by atoms with Gasteiger partial charge in [-0.25, -0.2) is 10.2 Å². The molecule has 0 aliphatic carbocycles. The summed E-state index contributed by atoms with van der Waals surface area (Å²) in [5, 5.41) is 6.15. The summed E-state index contributed by atoms with van der Waals surface area (Å²) in [5.41, 5.74) is 4.62. The lowest BCUT2D eigenvalue weighted by Crippen LogP contribution is -2.20. The second kappa shape index (κ2) is 11.4. The van der Waals surface area contributed by atoms with Crippen molar-refractivity contribution in [1.82, 2.24) is 5.43 Å². The number of hydrogen-bond donors (Lipinski definition) is 1. The van der Waals surface area contributed by atoms with Crippen LogP contribution in [0.4, 0.5) is 0 Å². The second-order valence-electron chi connectivity index (χ2n) is 7.62. The molecule has 4 rings (SSSR count). The van der Waals surface area contributed by atoms with Gasteiger partial charge in [0.15, 0.2) is 11.5 Å². The quantitative estimate of drug-likeness (QED) is 0.133. The molecule has 0 saturated heterocycles. The highest BCUT2D eigenvalue weighted by molar-refractivity contribution is 9.10. The van der Waals surface area contributed by atoms with E-state index in [1.54, 1.807) is 42.5 Å². The van der Waals surface area contributed by atoms with E-state index in [0.29, 0.717) is 29.2 Å². The maximum absolute atomic E-state index is 12.5. The zero-order valence-electron chi connectivity index (χ0n) is 19.0. The van der Waals surface area contributed by atoms with Crippen LogP contribution in [0.3, 0.4) is 0 Å². The largest absolute Gasteiger partial charge is 0.490 e. The average Bonchev–Trinajstić information content (AvgIpc) is 2.88. The van der Waals surface area contributed by atoms with Gasteiger partial charge in [-0.15, -0.1) is 0 Å². The molecule has 0 spiro atoms. The molecule has 0 heterocycles. The number of carbonyl (C=O) groups is 2. The summed E-state index contributed by atoms with van der Waals surface area (Å²) in [6, 6.07) is 25.6. The molecule has 0 aliphatic heterocycles. The first kappa shape index (κ1) is 24.2. The normalized spacial score (nSPS) is 10.9. The Bertz CT molecular complexity index is 1390. The van der Waals surface area contributed by atoms with Crippen molar-refractivity contribution in [3.05, 3.63) is 106 Å². The molecule has 0 fully saturated rings. The van der Waals surface area contributed by atoms with Gasteiger partial charge in [-0.1, -0.05) is 64.5 Å². The van der Waals surface area contributed by atoms with Gasteiger partial charge in [0, 0.05) is 4.47 Å². The number of hydrazone groups is 1. The Morgan fingerprint density at radius 1 is 0.914 bits per heavy atom. The molecule has 35 heavy (non-hydrogen) atoms. The molecule has 0 radical (unpaired) electrons. The lowest BCUT2D eigenvalue weighted by Gasteiger charge is -2.11. The number of hydrogen-bond acceptors (Lipinski definition) is 5. The van der Waals surface area contributed by atoms with E-state index in [4.69, 9.17) is 9.47 Å². The maximum Gasteiger partial charge on any atom is 0.343 e. The number of halogens is 1. The predicted molar refractivity (Wildman–Crippen MR) is 140 cm³/mol. The van der Waals surface area contributed by atoms with Crippen LogP contribution in [0.15, 0.2) is 94.5 Å². The third-order valence-electron chi connectivity index (χ3n) is 5.19. The molecule has 1 N–H and O–H groups in total. The Morgan fingerprint density at radius 3 is 2.43 bits per heavy atom. The fourth-order valence-electron chi connectivity index (χ4n) is 3.56. The highest BCUT2D eigenvalue weighted by Crippen LogP contribution is 2.29. The number of carbonyl (C=O) groups excluding carboxylic acids is 2. The van der Waals surface area contributed by atoms with Crippen LogP contribution in [0, 0.1) is 0 Å². The molecule has 176 valence electrons. The molecule has 7 heteroatoms. The van der Waals surface area contributed by atoms with E-state index in [-0.39, 0.29) is 12.3 Å². The number of amides is 1. The summed E-state index contributed by atoms with van der Waals surface area (Å²) in [6.45, 7) is 2.24. The number of benzene rings is 4. The summed E-state index contributed by atoms with van der Waals surface area (Å²) in [5.74, 6) is 0.0188. The zero-order valence-corrected chi connectivity index (χ0v) is 20.6. The summed E-state index contributed by atoms with van der Waals surface area (Å²) >= 11 is 3.55.